The summed E-state index contributed by atoms with van der Waals surface area (Å²) in [5.41, 5.74) is 0. The highest BCUT2D eigenvalue weighted by Gasteiger charge is 2.27. The van der Waals surface area contributed by atoms with Crippen molar-refractivity contribution in [1.82, 2.24) is 9.62 Å². The molecule has 2 atom stereocenters. The fourth-order valence-corrected chi connectivity index (χ4v) is 4.46. The van der Waals surface area contributed by atoms with E-state index in [1.807, 2.05) is 11.8 Å². The first-order valence-electron chi connectivity index (χ1n) is 5.84. The Morgan fingerprint density at radius 2 is 2.12 bits per heavy atom. The minimum absolute atomic E-state index is 0.354. The summed E-state index contributed by atoms with van der Waals surface area (Å²) in [6, 6.07) is 0.946. The van der Waals surface area contributed by atoms with Crippen LogP contribution in [0.25, 0.3) is 0 Å². The highest BCUT2D eigenvalue weighted by Crippen LogP contribution is 2.20. The molecule has 94 valence electrons. The predicted molar refractivity (Wildman–Crippen MR) is 68.3 cm³/mol. The van der Waals surface area contributed by atoms with E-state index in [9.17, 15) is 8.42 Å². The van der Waals surface area contributed by atoms with Crippen molar-refractivity contribution < 1.29 is 8.42 Å². The van der Waals surface area contributed by atoms with Crippen LogP contribution in [0.3, 0.4) is 0 Å². The van der Waals surface area contributed by atoms with Gasteiger partial charge in [-0.05, 0) is 25.0 Å². The van der Waals surface area contributed by atoms with Crippen LogP contribution in [0, 0.1) is 0 Å². The van der Waals surface area contributed by atoms with Crippen LogP contribution in [0.2, 0.25) is 0 Å². The van der Waals surface area contributed by atoms with Gasteiger partial charge in [0.25, 0.3) is 0 Å². The molecule has 0 aromatic rings. The quantitative estimate of drug-likeness (QED) is 0.807. The smallest absolute Gasteiger partial charge is 0.211 e. The highest BCUT2D eigenvalue weighted by atomic mass is 32.2. The lowest BCUT2D eigenvalue weighted by molar-refractivity contribution is 0.272. The molecule has 0 spiro atoms. The van der Waals surface area contributed by atoms with Gasteiger partial charge in [-0.3, -0.25) is 0 Å². The van der Waals surface area contributed by atoms with E-state index in [1.165, 1.54) is 24.2 Å². The van der Waals surface area contributed by atoms with Crippen LogP contribution < -0.4 is 5.32 Å². The summed E-state index contributed by atoms with van der Waals surface area (Å²) in [7, 11) is -3.00. The summed E-state index contributed by atoms with van der Waals surface area (Å²) in [6.45, 7) is 1.34. The van der Waals surface area contributed by atoms with Gasteiger partial charge in [0.1, 0.15) is 0 Å². The van der Waals surface area contributed by atoms with Crippen molar-refractivity contribution in [1.29, 1.82) is 0 Å². The normalized spacial score (nSPS) is 33.1. The van der Waals surface area contributed by atoms with Crippen molar-refractivity contribution in [3.63, 3.8) is 0 Å². The lowest BCUT2D eigenvalue weighted by Gasteiger charge is -2.33. The minimum Gasteiger partial charge on any atom is -0.309 e. The number of nitrogens with one attached hydrogen (secondary N) is 1. The van der Waals surface area contributed by atoms with Gasteiger partial charge in [-0.25, -0.2) is 12.7 Å². The molecule has 0 aromatic carbocycles. The largest absolute Gasteiger partial charge is 0.309 e. The maximum absolute atomic E-state index is 11.5. The van der Waals surface area contributed by atoms with Gasteiger partial charge in [0.05, 0.1) is 6.26 Å². The fourth-order valence-electron chi connectivity index (χ4n) is 2.38. The Hall–Kier alpha value is 0.220. The van der Waals surface area contributed by atoms with E-state index in [2.05, 4.69) is 5.32 Å². The van der Waals surface area contributed by atoms with Crippen LogP contribution in [-0.4, -0.2) is 55.7 Å². The maximum atomic E-state index is 11.5. The minimum atomic E-state index is -3.00. The summed E-state index contributed by atoms with van der Waals surface area (Å²) in [5.74, 6) is 2.41. The van der Waals surface area contributed by atoms with Gasteiger partial charge >= 0.3 is 0 Å². The average Bonchev–Trinajstić information content (AvgIpc) is 2.70. The zero-order chi connectivity index (χ0) is 11.6. The van der Waals surface area contributed by atoms with Gasteiger partial charge in [-0.1, -0.05) is 0 Å². The third kappa shape index (κ3) is 3.35. The zero-order valence-electron chi connectivity index (χ0n) is 9.68. The van der Waals surface area contributed by atoms with Crippen molar-refractivity contribution in [2.75, 3.05) is 30.9 Å². The van der Waals surface area contributed by atoms with Gasteiger partial charge in [-0.2, -0.15) is 11.8 Å². The van der Waals surface area contributed by atoms with Gasteiger partial charge < -0.3 is 5.32 Å². The van der Waals surface area contributed by atoms with Crippen LogP contribution in [-0.2, 0) is 10.0 Å². The molecule has 2 heterocycles. The van der Waals surface area contributed by atoms with E-state index in [1.54, 1.807) is 4.31 Å². The molecule has 0 amide bonds. The summed E-state index contributed by atoms with van der Waals surface area (Å²) in [6.07, 6.45) is 4.61. The maximum Gasteiger partial charge on any atom is 0.211 e. The summed E-state index contributed by atoms with van der Waals surface area (Å²) in [4.78, 5) is 0. The summed E-state index contributed by atoms with van der Waals surface area (Å²) < 4.78 is 24.5. The molecule has 0 saturated carbocycles. The van der Waals surface area contributed by atoms with Crippen LogP contribution in [0.5, 0.6) is 0 Å². The monoisotopic (exact) mass is 264 g/mol. The average molecular weight is 264 g/mol. The molecule has 2 fully saturated rings. The van der Waals surface area contributed by atoms with Gasteiger partial charge in [0.2, 0.25) is 10.0 Å². The first-order chi connectivity index (χ1) is 7.55. The molecule has 2 rings (SSSR count). The van der Waals surface area contributed by atoms with Crippen molar-refractivity contribution in [3.05, 3.63) is 0 Å². The Morgan fingerprint density at radius 1 is 1.31 bits per heavy atom. The number of thioether (sulfide) groups is 1. The van der Waals surface area contributed by atoms with Gasteiger partial charge in [0, 0.05) is 30.9 Å². The molecule has 0 aromatic heterocycles. The molecule has 2 saturated heterocycles. The second-order valence-electron chi connectivity index (χ2n) is 4.69. The molecular weight excluding hydrogens is 244 g/mol. The Balaban J connectivity index is 1.86. The Kier molecular flexibility index (Phi) is 4.15. The third-order valence-electron chi connectivity index (χ3n) is 3.25. The molecular formula is C10H20N2O2S2. The SMILES string of the molecule is CS(=O)(=O)N1CCCC(NC2CCSC2)C1. The van der Waals surface area contributed by atoms with E-state index in [4.69, 9.17) is 0 Å². The Morgan fingerprint density at radius 3 is 2.75 bits per heavy atom. The third-order valence-corrected chi connectivity index (χ3v) is 5.69. The lowest BCUT2D eigenvalue weighted by atomic mass is 10.1. The van der Waals surface area contributed by atoms with E-state index >= 15 is 0 Å². The summed E-state index contributed by atoms with van der Waals surface area (Å²) in [5, 5.41) is 3.59. The first kappa shape index (κ1) is 12.7. The number of hydrogen-bond donors (Lipinski definition) is 1. The Labute approximate surface area is 102 Å². The van der Waals surface area contributed by atoms with Gasteiger partial charge in [-0.15, -0.1) is 0 Å². The van der Waals surface area contributed by atoms with Crippen molar-refractivity contribution in [2.24, 2.45) is 0 Å². The zero-order valence-corrected chi connectivity index (χ0v) is 11.3. The highest BCUT2D eigenvalue weighted by molar-refractivity contribution is 7.99. The lowest BCUT2D eigenvalue weighted by Crippen LogP contribution is -2.50. The predicted octanol–water partition coefficient (Wildman–Crippen LogP) is 0.505. The van der Waals surface area contributed by atoms with Crippen molar-refractivity contribution in [3.8, 4) is 0 Å². The molecule has 2 aliphatic heterocycles. The van der Waals surface area contributed by atoms with Crippen LogP contribution in [0.4, 0.5) is 0 Å². The number of sulfonamides is 1. The number of hydrogen-bond acceptors (Lipinski definition) is 4. The van der Waals surface area contributed by atoms with E-state index < -0.39 is 10.0 Å². The standard InChI is InChI=1S/C10H20N2O2S2/c1-16(13,14)12-5-2-3-9(7-12)11-10-4-6-15-8-10/h9-11H,2-8H2,1H3. The molecule has 2 unspecified atom stereocenters. The number of rotatable bonds is 3. The van der Waals surface area contributed by atoms with E-state index in [-0.39, 0.29) is 0 Å². The van der Waals surface area contributed by atoms with E-state index in [0.717, 1.165) is 12.8 Å². The number of piperidine rings is 1. The molecule has 16 heavy (non-hydrogen) atoms. The Bertz CT molecular complexity index is 326. The fraction of sp³-hybridized carbons (Fsp3) is 1.00. The molecule has 6 heteroatoms. The van der Waals surface area contributed by atoms with Crippen molar-refractivity contribution in [2.45, 2.75) is 31.3 Å². The molecule has 2 aliphatic rings. The molecule has 0 aliphatic carbocycles. The van der Waals surface area contributed by atoms with Crippen LogP contribution >= 0.6 is 11.8 Å². The van der Waals surface area contributed by atoms with Gasteiger partial charge in [0.15, 0.2) is 0 Å². The summed E-state index contributed by atoms with van der Waals surface area (Å²) >= 11 is 1.98. The van der Waals surface area contributed by atoms with Crippen molar-refractivity contribution >= 4 is 21.8 Å². The van der Waals surface area contributed by atoms with Crippen LogP contribution in [0.15, 0.2) is 0 Å². The first-order valence-corrected chi connectivity index (χ1v) is 8.85. The van der Waals surface area contributed by atoms with E-state index in [0.29, 0.717) is 25.2 Å². The second-order valence-corrected chi connectivity index (χ2v) is 7.82. The molecule has 1 N–H and O–H groups in total. The molecule has 0 radical (unpaired) electrons. The molecule has 4 nitrogen and oxygen atoms in total. The number of nitrogens with zero attached hydrogens (tertiary/aromatic N) is 1. The topological polar surface area (TPSA) is 49.4 Å². The van der Waals surface area contributed by atoms with Crippen LogP contribution in [0.1, 0.15) is 19.3 Å². The molecule has 0 bridgehead atoms. The second kappa shape index (κ2) is 5.25.